The lowest BCUT2D eigenvalue weighted by Crippen LogP contribution is -1.99. The van der Waals surface area contributed by atoms with Gasteiger partial charge in [-0.2, -0.15) is 20.1 Å². The van der Waals surface area contributed by atoms with E-state index in [1.807, 2.05) is 54.6 Å². The number of rotatable bonds is 6. The highest BCUT2D eigenvalue weighted by Crippen LogP contribution is 2.26. The van der Waals surface area contributed by atoms with Gasteiger partial charge in [-0.1, -0.05) is 60.1 Å². The molecule has 4 aromatic rings. The number of nitriles is 1. The van der Waals surface area contributed by atoms with E-state index in [0.29, 0.717) is 26.9 Å². The van der Waals surface area contributed by atoms with E-state index in [1.54, 1.807) is 29.1 Å². The van der Waals surface area contributed by atoms with Gasteiger partial charge >= 0.3 is 0 Å². The quantitative estimate of drug-likeness (QED) is 0.309. The van der Waals surface area contributed by atoms with Crippen molar-refractivity contribution in [2.75, 3.05) is 0 Å². The maximum atomic E-state index is 9.19. The van der Waals surface area contributed by atoms with Crippen LogP contribution in [-0.2, 0) is 6.61 Å². The Morgan fingerprint density at radius 1 is 1.13 bits per heavy atom. The van der Waals surface area contributed by atoms with Crippen LogP contribution in [0.3, 0.4) is 0 Å². The molecule has 0 aliphatic heterocycles. The SMILES string of the molecule is N#Cc1ccccc1COc1ccc(/C=N\n2c(-c3ccccc3)n[nH]c2=S)cc1Cl. The molecule has 152 valence electrons. The number of hydrogen-bond donors (Lipinski definition) is 1. The third-order valence-corrected chi connectivity index (χ3v) is 5.04. The zero-order valence-electron chi connectivity index (χ0n) is 16.2. The Balaban J connectivity index is 1.52. The van der Waals surface area contributed by atoms with E-state index in [0.717, 1.165) is 16.7 Å². The molecule has 0 fully saturated rings. The van der Waals surface area contributed by atoms with Crippen molar-refractivity contribution in [2.45, 2.75) is 6.61 Å². The van der Waals surface area contributed by atoms with Crippen LogP contribution in [0.15, 0.2) is 77.9 Å². The van der Waals surface area contributed by atoms with Crippen LogP contribution in [0.2, 0.25) is 5.02 Å². The van der Waals surface area contributed by atoms with E-state index >= 15 is 0 Å². The van der Waals surface area contributed by atoms with Crippen LogP contribution < -0.4 is 4.74 Å². The molecule has 1 aromatic heterocycles. The summed E-state index contributed by atoms with van der Waals surface area (Å²) in [4.78, 5) is 0. The Hall–Kier alpha value is -3.73. The fourth-order valence-corrected chi connectivity index (χ4v) is 3.35. The molecule has 0 bridgehead atoms. The van der Waals surface area contributed by atoms with Crippen molar-refractivity contribution < 1.29 is 4.74 Å². The first kappa shape index (κ1) is 20.5. The Labute approximate surface area is 189 Å². The average Bonchev–Trinajstić information content (AvgIpc) is 3.18. The number of aromatic amines is 1. The van der Waals surface area contributed by atoms with Crippen LogP contribution in [-0.4, -0.2) is 21.1 Å². The largest absolute Gasteiger partial charge is 0.487 e. The molecule has 0 unspecified atom stereocenters. The molecule has 3 aromatic carbocycles. The van der Waals surface area contributed by atoms with E-state index in [-0.39, 0.29) is 6.61 Å². The van der Waals surface area contributed by atoms with Gasteiger partial charge in [0.05, 0.1) is 22.9 Å². The molecule has 0 atom stereocenters. The number of aromatic nitrogens is 3. The predicted molar refractivity (Wildman–Crippen MR) is 123 cm³/mol. The second kappa shape index (κ2) is 9.39. The normalized spacial score (nSPS) is 10.8. The molecule has 4 rings (SSSR count). The summed E-state index contributed by atoms with van der Waals surface area (Å²) in [6, 6.07) is 24.5. The summed E-state index contributed by atoms with van der Waals surface area (Å²) in [6.45, 7) is 0.251. The van der Waals surface area contributed by atoms with Crippen LogP contribution in [0.25, 0.3) is 11.4 Å². The smallest absolute Gasteiger partial charge is 0.216 e. The molecule has 0 amide bonds. The molecular formula is C23H16ClN5OS. The number of benzene rings is 3. The van der Waals surface area contributed by atoms with Gasteiger partial charge < -0.3 is 4.74 Å². The Bertz CT molecular complexity index is 1340. The lowest BCUT2D eigenvalue weighted by atomic mass is 10.1. The number of hydrogen-bond acceptors (Lipinski definition) is 5. The average molecular weight is 446 g/mol. The highest BCUT2D eigenvalue weighted by atomic mass is 35.5. The lowest BCUT2D eigenvalue weighted by Gasteiger charge is -2.09. The molecule has 1 heterocycles. The number of nitrogens with zero attached hydrogens (tertiary/aromatic N) is 4. The third-order valence-electron chi connectivity index (χ3n) is 4.48. The van der Waals surface area contributed by atoms with Gasteiger partial charge in [0, 0.05) is 11.1 Å². The van der Waals surface area contributed by atoms with Crippen molar-refractivity contribution in [3.8, 4) is 23.2 Å². The van der Waals surface area contributed by atoms with Gasteiger partial charge in [0.15, 0.2) is 5.82 Å². The standard InChI is InChI=1S/C23H16ClN5OS/c24-20-12-16(10-11-21(20)30-15-19-9-5-4-8-18(19)13-25)14-26-29-22(27-28-23(29)31)17-6-2-1-3-7-17/h1-12,14H,15H2,(H,28,31)/b26-14-. The van der Waals surface area contributed by atoms with Gasteiger partial charge in [0.25, 0.3) is 0 Å². The van der Waals surface area contributed by atoms with E-state index < -0.39 is 0 Å². The van der Waals surface area contributed by atoms with Crippen LogP contribution in [0.4, 0.5) is 0 Å². The van der Waals surface area contributed by atoms with Crippen molar-refractivity contribution >= 4 is 30.0 Å². The second-order valence-electron chi connectivity index (χ2n) is 6.52. The van der Waals surface area contributed by atoms with Crippen molar-refractivity contribution in [1.29, 1.82) is 5.26 Å². The van der Waals surface area contributed by atoms with Gasteiger partial charge in [0.1, 0.15) is 12.4 Å². The summed E-state index contributed by atoms with van der Waals surface area (Å²) in [5.41, 5.74) is 3.05. The van der Waals surface area contributed by atoms with Gasteiger partial charge in [0.2, 0.25) is 4.77 Å². The summed E-state index contributed by atoms with van der Waals surface area (Å²) >= 11 is 11.7. The Morgan fingerprint density at radius 3 is 2.68 bits per heavy atom. The van der Waals surface area contributed by atoms with Gasteiger partial charge in [-0.25, -0.2) is 5.10 Å². The minimum atomic E-state index is 0.251. The predicted octanol–water partition coefficient (Wildman–Crippen LogP) is 5.59. The Kier molecular flexibility index (Phi) is 6.22. The Morgan fingerprint density at radius 2 is 1.90 bits per heavy atom. The highest BCUT2D eigenvalue weighted by molar-refractivity contribution is 7.71. The molecule has 0 aliphatic carbocycles. The summed E-state index contributed by atoms with van der Waals surface area (Å²) in [5.74, 6) is 1.14. The molecule has 1 N–H and O–H groups in total. The maximum Gasteiger partial charge on any atom is 0.216 e. The highest BCUT2D eigenvalue weighted by Gasteiger charge is 2.08. The molecule has 0 radical (unpaired) electrons. The van der Waals surface area contributed by atoms with Crippen molar-refractivity contribution in [3.05, 3.63) is 99.3 Å². The van der Waals surface area contributed by atoms with Crippen LogP contribution >= 0.6 is 23.8 Å². The summed E-state index contributed by atoms with van der Waals surface area (Å²) in [6.07, 6.45) is 1.65. The number of H-pyrrole nitrogens is 1. The molecule has 6 nitrogen and oxygen atoms in total. The zero-order chi connectivity index (χ0) is 21.6. The minimum Gasteiger partial charge on any atom is -0.487 e. The van der Waals surface area contributed by atoms with Crippen molar-refractivity contribution in [3.63, 3.8) is 0 Å². The van der Waals surface area contributed by atoms with Crippen LogP contribution in [0, 0.1) is 16.1 Å². The molecule has 0 aliphatic rings. The van der Waals surface area contributed by atoms with Crippen LogP contribution in [0.5, 0.6) is 5.75 Å². The van der Waals surface area contributed by atoms with E-state index in [2.05, 4.69) is 21.4 Å². The first-order chi connectivity index (χ1) is 15.2. The van der Waals surface area contributed by atoms with E-state index in [9.17, 15) is 5.26 Å². The number of halogens is 1. The zero-order valence-corrected chi connectivity index (χ0v) is 17.8. The number of ether oxygens (including phenoxy) is 1. The number of nitrogens with one attached hydrogen (secondary N) is 1. The third kappa shape index (κ3) is 4.72. The topological polar surface area (TPSA) is 79.0 Å². The lowest BCUT2D eigenvalue weighted by molar-refractivity contribution is 0.306. The van der Waals surface area contributed by atoms with E-state index in [4.69, 9.17) is 28.6 Å². The van der Waals surface area contributed by atoms with Gasteiger partial charge in [-0.3, -0.25) is 0 Å². The molecule has 0 saturated heterocycles. The molecule has 8 heteroatoms. The first-order valence-electron chi connectivity index (χ1n) is 9.33. The fraction of sp³-hybridized carbons (Fsp3) is 0.0435. The fourth-order valence-electron chi connectivity index (χ4n) is 2.92. The first-order valence-corrected chi connectivity index (χ1v) is 10.1. The van der Waals surface area contributed by atoms with Gasteiger partial charge in [-0.05, 0) is 42.0 Å². The summed E-state index contributed by atoms with van der Waals surface area (Å²) in [5, 5.41) is 21.1. The molecule has 31 heavy (non-hydrogen) atoms. The summed E-state index contributed by atoms with van der Waals surface area (Å²) < 4.78 is 7.75. The molecule has 0 saturated carbocycles. The maximum absolute atomic E-state index is 9.19. The van der Waals surface area contributed by atoms with Crippen LogP contribution in [0.1, 0.15) is 16.7 Å². The second-order valence-corrected chi connectivity index (χ2v) is 7.32. The minimum absolute atomic E-state index is 0.251. The van der Waals surface area contributed by atoms with E-state index in [1.165, 1.54) is 0 Å². The van der Waals surface area contributed by atoms with Gasteiger partial charge in [-0.15, -0.1) is 0 Å². The molecular weight excluding hydrogens is 430 g/mol. The van der Waals surface area contributed by atoms with Crippen molar-refractivity contribution in [1.82, 2.24) is 14.9 Å². The monoisotopic (exact) mass is 445 g/mol. The summed E-state index contributed by atoms with van der Waals surface area (Å²) in [7, 11) is 0. The van der Waals surface area contributed by atoms with Crippen molar-refractivity contribution in [2.24, 2.45) is 5.10 Å². The molecule has 0 spiro atoms.